The fourth-order valence-corrected chi connectivity index (χ4v) is 4.23. The highest BCUT2D eigenvalue weighted by atomic mass is 79.9. The van der Waals surface area contributed by atoms with Gasteiger partial charge in [0.05, 0.1) is 5.75 Å². The Morgan fingerprint density at radius 1 is 1.43 bits per heavy atom. The summed E-state index contributed by atoms with van der Waals surface area (Å²) < 4.78 is 38.5. The Kier molecular flexibility index (Phi) is 7.41. The van der Waals surface area contributed by atoms with Gasteiger partial charge in [-0.15, -0.1) is 6.58 Å². The topological polar surface area (TPSA) is 54.5 Å². The fourth-order valence-electron chi connectivity index (χ4n) is 2.13. The molecule has 0 heterocycles. The van der Waals surface area contributed by atoms with Crippen LogP contribution in [0.2, 0.25) is 0 Å². The molecule has 23 heavy (non-hydrogen) atoms. The van der Waals surface area contributed by atoms with E-state index in [0.29, 0.717) is 10.0 Å². The molecule has 1 aromatic rings. The second kappa shape index (κ2) is 8.59. The van der Waals surface area contributed by atoms with Crippen molar-refractivity contribution in [1.82, 2.24) is 4.90 Å². The zero-order valence-corrected chi connectivity index (χ0v) is 15.7. The van der Waals surface area contributed by atoms with Crippen LogP contribution in [0, 0.1) is 11.7 Å². The lowest BCUT2D eigenvalue weighted by molar-refractivity contribution is -0.128. The second-order valence-corrected chi connectivity index (χ2v) is 8.77. The highest BCUT2D eigenvalue weighted by Gasteiger charge is 2.23. The summed E-state index contributed by atoms with van der Waals surface area (Å²) in [4.78, 5) is 13.6. The molecule has 1 amide bonds. The van der Waals surface area contributed by atoms with Gasteiger partial charge in [-0.1, -0.05) is 35.9 Å². The molecule has 0 atom stereocenters. The van der Waals surface area contributed by atoms with Gasteiger partial charge in [-0.05, 0) is 24.1 Å². The lowest BCUT2D eigenvalue weighted by Gasteiger charge is -2.22. The highest BCUT2D eigenvalue weighted by Crippen LogP contribution is 2.17. The average molecular weight is 406 g/mol. The number of nitrogens with zero attached hydrogens (tertiary/aromatic N) is 1. The third-order valence-electron chi connectivity index (χ3n) is 3.00. The Hall–Kier alpha value is -1.21. The third-order valence-corrected chi connectivity index (χ3v) is 5.36. The zero-order valence-electron chi connectivity index (χ0n) is 13.3. The molecule has 1 aromatic carbocycles. The Morgan fingerprint density at radius 2 is 2.09 bits per heavy atom. The lowest BCUT2D eigenvalue weighted by atomic mass is 10.2. The highest BCUT2D eigenvalue weighted by molar-refractivity contribution is 9.10. The molecule has 7 heteroatoms. The number of carbonyl (C=O) groups excluding carboxylic acids is 1. The van der Waals surface area contributed by atoms with Crippen molar-refractivity contribution in [3.05, 3.63) is 46.7 Å². The van der Waals surface area contributed by atoms with Gasteiger partial charge in [0.25, 0.3) is 0 Å². The summed E-state index contributed by atoms with van der Waals surface area (Å²) in [6.45, 7) is 7.27. The van der Waals surface area contributed by atoms with E-state index in [9.17, 15) is 17.6 Å². The van der Waals surface area contributed by atoms with Gasteiger partial charge in [0.1, 0.15) is 11.6 Å². The van der Waals surface area contributed by atoms with E-state index in [0.717, 1.165) is 0 Å². The minimum Gasteiger partial charge on any atom is -0.334 e. The first kappa shape index (κ1) is 19.8. The third kappa shape index (κ3) is 6.83. The van der Waals surface area contributed by atoms with Crippen molar-refractivity contribution < 1.29 is 17.6 Å². The minimum atomic E-state index is -3.48. The number of amides is 1. The maximum Gasteiger partial charge on any atom is 0.238 e. The predicted octanol–water partition coefficient (Wildman–Crippen LogP) is 3.17. The van der Waals surface area contributed by atoms with Crippen LogP contribution < -0.4 is 0 Å². The van der Waals surface area contributed by atoms with E-state index in [4.69, 9.17) is 0 Å². The monoisotopic (exact) mass is 405 g/mol. The molecule has 0 aromatic heterocycles. The number of sulfone groups is 1. The molecule has 0 aliphatic heterocycles. The van der Waals surface area contributed by atoms with Crippen LogP contribution in [0.25, 0.3) is 0 Å². The first-order valence-corrected chi connectivity index (χ1v) is 9.79. The molecule has 0 fully saturated rings. The van der Waals surface area contributed by atoms with Crippen molar-refractivity contribution in [2.24, 2.45) is 5.92 Å². The van der Waals surface area contributed by atoms with Gasteiger partial charge in [-0.25, -0.2) is 12.8 Å². The van der Waals surface area contributed by atoms with Crippen LogP contribution in [0.15, 0.2) is 35.3 Å². The van der Waals surface area contributed by atoms with E-state index in [1.807, 2.05) is 0 Å². The Bertz CT molecular complexity index is 674. The molecule has 0 aliphatic carbocycles. The molecule has 0 aliphatic rings. The van der Waals surface area contributed by atoms with E-state index in [2.05, 4.69) is 22.5 Å². The molecule has 0 bridgehead atoms. The molecule has 0 spiro atoms. The summed E-state index contributed by atoms with van der Waals surface area (Å²) in [5.41, 5.74) is 0.316. The Balaban J connectivity index is 2.91. The van der Waals surface area contributed by atoms with Gasteiger partial charge in [-0.3, -0.25) is 4.79 Å². The van der Waals surface area contributed by atoms with E-state index in [1.165, 1.54) is 17.0 Å². The van der Waals surface area contributed by atoms with Crippen molar-refractivity contribution in [3.63, 3.8) is 0 Å². The molecule has 4 nitrogen and oxygen atoms in total. The molecule has 128 valence electrons. The SMILES string of the molecule is C=CCN(Cc1cc(Br)ccc1F)C(=O)CS(=O)(=O)CC(C)C. The quantitative estimate of drug-likeness (QED) is 0.624. The number of hydrogen-bond acceptors (Lipinski definition) is 3. The fraction of sp³-hybridized carbons (Fsp3) is 0.438. The molecule has 0 saturated carbocycles. The minimum absolute atomic E-state index is 0.00662. The maximum absolute atomic E-state index is 13.8. The first-order chi connectivity index (χ1) is 10.6. The van der Waals surface area contributed by atoms with Crippen LogP contribution >= 0.6 is 15.9 Å². The second-order valence-electron chi connectivity index (χ2n) is 5.75. The van der Waals surface area contributed by atoms with Crippen LogP contribution in [0.1, 0.15) is 19.4 Å². The molecule has 0 saturated heterocycles. The average Bonchev–Trinajstić information content (AvgIpc) is 2.40. The van der Waals surface area contributed by atoms with Crippen LogP contribution in [-0.4, -0.2) is 37.3 Å². The van der Waals surface area contributed by atoms with Crippen LogP contribution in [0.3, 0.4) is 0 Å². The lowest BCUT2D eigenvalue weighted by Crippen LogP contribution is -2.36. The van der Waals surface area contributed by atoms with Crippen molar-refractivity contribution >= 4 is 31.7 Å². The molecule has 0 N–H and O–H groups in total. The van der Waals surface area contributed by atoms with E-state index >= 15 is 0 Å². The van der Waals surface area contributed by atoms with Gasteiger partial charge < -0.3 is 4.90 Å². The number of hydrogen-bond donors (Lipinski definition) is 0. The van der Waals surface area contributed by atoms with Crippen LogP contribution in [0.4, 0.5) is 4.39 Å². The molecular weight excluding hydrogens is 385 g/mol. The normalized spacial score (nSPS) is 11.5. The zero-order chi connectivity index (χ0) is 17.6. The van der Waals surface area contributed by atoms with Crippen LogP contribution in [-0.2, 0) is 21.2 Å². The van der Waals surface area contributed by atoms with Gasteiger partial charge in [0.2, 0.25) is 5.91 Å². The number of carbonyl (C=O) groups is 1. The van der Waals surface area contributed by atoms with Crippen molar-refractivity contribution in [1.29, 1.82) is 0 Å². The standard InChI is InChI=1S/C16H21BrFNO3S/c1-4-7-19(9-13-8-14(17)5-6-15(13)18)16(20)11-23(21,22)10-12(2)3/h4-6,8,12H,1,7,9-11H2,2-3H3. The number of rotatable bonds is 8. The van der Waals surface area contributed by atoms with Gasteiger partial charge in [-0.2, -0.15) is 0 Å². The van der Waals surface area contributed by atoms with E-state index in [1.54, 1.807) is 26.0 Å². The summed E-state index contributed by atoms with van der Waals surface area (Å²) >= 11 is 3.25. The summed E-state index contributed by atoms with van der Waals surface area (Å²) in [6.07, 6.45) is 1.49. The molecule has 0 unspecified atom stereocenters. The number of benzene rings is 1. The predicted molar refractivity (Wildman–Crippen MR) is 93.2 cm³/mol. The summed E-state index contributed by atoms with van der Waals surface area (Å²) in [6, 6.07) is 4.43. The van der Waals surface area contributed by atoms with Gasteiger partial charge in [0, 0.05) is 23.1 Å². The summed E-state index contributed by atoms with van der Waals surface area (Å²) in [5.74, 6) is -1.67. The van der Waals surface area contributed by atoms with Gasteiger partial charge in [0.15, 0.2) is 9.84 Å². The Morgan fingerprint density at radius 3 is 2.65 bits per heavy atom. The van der Waals surface area contributed by atoms with E-state index < -0.39 is 27.3 Å². The van der Waals surface area contributed by atoms with E-state index in [-0.39, 0.29) is 24.8 Å². The molecular formula is C16H21BrFNO3S. The molecule has 0 radical (unpaired) electrons. The van der Waals surface area contributed by atoms with Gasteiger partial charge >= 0.3 is 0 Å². The smallest absolute Gasteiger partial charge is 0.238 e. The van der Waals surface area contributed by atoms with Crippen LogP contribution in [0.5, 0.6) is 0 Å². The first-order valence-electron chi connectivity index (χ1n) is 7.17. The summed E-state index contributed by atoms with van der Waals surface area (Å²) in [5, 5.41) is 0. The van der Waals surface area contributed by atoms with Crippen molar-refractivity contribution in [2.75, 3.05) is 18.1 Å². The molecule has 1 rings (SSSR count). The summed E-state index contributed by atoms with van der Waals surface area (Å²) in [7, 11) is -3.48. The largest absolute Gasteiger partial charge is 0.334 e. The maximum atomic E-state index is 13.8. The Labute approximate surface area is 145 Å². The number of halogens is 2. The van der Waals surface area contributed by atoms with Crippen molar-refractivity contribution in [3.8, 4) is 0 Å². The van der Waals surface area contributed by atoms with Crippen molar-refractivity contribution in [2.45, 2.75) is 20.4 Å².